The molecular weight excluding hydrogens is 326 g/mol. The second kappa shape index (κ2) is 6.57. The van der Waals surface area contributed by atoms with Gasteiger partial charge in [0.1, 0.15) is 5.75 Å². The quantitative estimate of drug-likeness (QED) is 0.714. The first-order chi connectivity index (χ1) is 11.5. The molecule has 1 unspecified atom stereocenters. The fourth-order valence-corrected chi connectivity index (χ4v) is 3.36. The topological polar surface area (TPSA) is 62.3 Å². The number of methoxy groups -OCH3 is 1. The van der Waals surface area contributed by atoms with Crippen LogP contribution in [0.5, 0.6) is 5.75 Å². The van der Waals surface area contributed by atoms with Gasteiger partial charge in [-0.1, -0.05) is 41.9 Å². The summed E-state index contributed by atoms with van der Waals surface area (Å²) >= 11 is 6.18. The molecule has 0 saturated heterocycles. The van der Waals surface area contributed by atoms with Crippen LogP contribution >= 0.6 is 11.6 Å². The Morgan fingerprint density at radius 2 is 2.00 bits per heavy atom. The van der Waals surface area contributed by atoms with E-state index >= 15 is 0 Å². The summed E-state index contributed by atoms with van der Waals surface area (Å²) in [6.07, 6.45) is 0.426. The molecule has 0 bridgehead atoms. The number of halogens is 1. The van der Waals surface area contributed by atoms with Gasteiger partial charge in [-0.25, -0.2) is 0 Å². The van der Waals surface area contributed by atoms with Crippen LogP contribution in [-0.2, 0) is 11.2 Å². The molecule has 0 spiro atoms. The van der Waals surface area contributed by atoms with E-state index in [0.717, 1.165) is 27.7 Å². The number of fused-ring (bicyclic) bond motifs is 1. The molecule has 0 aliphatic rings. The number of aromatic nitrogens is 1. The van der Waals surface area contributed by atoms with Gasteiger partial charge in [0, 0.05) is 16.6 Å². The molecule has 1 atom stereocenters. The van der Waals surface area contributed by atoms with Crippen molar-refractivity contribution < 1.29 is 14.6 Å². The van der Waals surface area contributed by atoms with Crippen molar-refractivity contribution in [3.63, 3.8) is 0 Å². The maximum Gasteiger partial charge on any atom is 0.311 e. The Hall–Kier alpha value is -2.46. The molecule has 5 heteroatoms. The highest BCUT2D eigenvalue weighted by molar-refractivity contribution is 6.32. The van der Waals surface area contributed by atoms with Crippen LogP contribution in [-0.4, -0.2) is 23.2 Å². The average molecular weight is 344 g/mol. The van der Waals surface area contributed by atoms with E-state index in [2.05, 4.69) is 4.98 Å². The number of carbonyl (C=O) groups is 1. The number of carboxylic acids is 1. The Labute approximate surface area is 145 Å². The fourth-order valence-electron chi connectivity index (χ4n) is 3.12. The predicted octanol–water partition coefficient (Wildman–Crippen LogP) is 4.55. The Kier molecular flexibility index (Phi) is 4.49. The summed E-state index contributed by atoms with van der Waals surface area (Å²) in [5.41, 5.74) is 3.40. The number of benzene rings is 2. The third kappa shape index (κ3) is 2.97. The number of hydrogen-bond donors (Lipinski definition) is 2. The van der Waals surface area contributed by atoms with Crippen molar-refractivity contribution in [1.82, 2.24) is 4.98 Å². The van der Waals surface area contributed by atoms with Crippen LogP contribution < -0.4 is 4.74 Å². The number of nitrogens with one attached hydrogen (secondary N) is 1. The molecule has 2 aromatic carbocycles. The first kappa shape index (κ1) is 16.4. The number of H-pyrrole nitrogens is 1. The molecule has 0 amide bonds. The first-order valence-electron chi connectivity index (χ1n) is 7.63. The van der Waals surface area contributed by atoms with Gasteiger partial charge in [-0.05, 0) is 36.6 Å². The normalized spacial score (nSPS) is 12.3. The van der Waals surface area contributed by atoms with Crippen LogP contribution in [0.25, 0.3) is 10.9 Å². The Morgan fingerprint density at radius 3 is 2.62 bits per heavy atom. The SMILES string of the molecule is COc1cc2c(C(Cc3ccccc3)C(=O)O)c(C)[nH]c2cc1Cl. The van der Waals surface area contributed by atoms with Crippen molar-refractivity contribution in [3.8, 4) is 5.75 Å². The second-order valence-corrected chi connectivity index (χ2v) is 6.18. The molecule has 124 valence electrons. The minimum Gasteiger partial charge on any atom is -0.495 e. The van der Waals surface area contributed by atoms with Gasteiger partial charge in [-0.2, -0.15) is 0 Å². The smallest absolute Gasteiger partial charge is 0.311 e. The van der Waals surface area contributed by atoms with Gasteiger partial charge < -0.3 is 14.8 Å². The molecule has 1 heterocycles. The Bertz CT molecular complexity index is 887. The van der Waals surface area contributed by atoms with Crippen molar-refractivity contribution in [2.24, 2.45) is 0 Å². The zero-order chi connectivity index (χ0) is 17.3. The lowest BCUT2D eigenvalue weighted by Crippen LogP contribution is -2.15. The van der Waals surface area contributed by atoms with E-state index in [1.165, 1.54) is 0 Å². The molecule has 0 aliphatic heterocycles. The van der Waals surface area contributed by atoms with Gasteiger partial charge in [-0.3, -0.25) is 4.79 Å². The maximum absolute atomic E-state index is 11.9. The largest absolute Gasteiger partial charge is 0.495 e. The van der Waals surface area contributed by atoms with E-state index in [4.69, 9.17) is 16.3 Å². The summed E-state index contributed by atoms with van der Waals surface area (Å²) in [7, 11) is 1.55. The van der Waals surface area contributed by atoms with Crippen LogP contribution in [0.15, 0.2) is 42.5 Å². The van der Waals surface area contributed by atoms with Crippen molar-refractivity contribution in [1.29, 1.82) is 0 Å². The van der Waals surface area contributed by atoms with Crippen LogP contribution in [0.2, 0.25) is 5.02 Å². The van der Waals surface area contributed by atoms with E-state index in [0.29, 0.717) is 17.2 Å². The van der Waals surface area contributed by atoms with Crippen molar-refractivity contribution in [2.75, 3.05) is 7.11 Å². The summed E-state index contributed by atoms with van der Waals surface area (Å²) in [5.74, 6) is -0.961. The van der Waals surface area contributed by atoms with Gasteiger partial charge in [-0.15, -0.1) is 0 Å². The summed E-state index contributed by atoms with van der Waals surface area (Å²) in [5, 5.41) is 11.1. The number of rotatable bonds is 5. The van der Waals surface area contributed by atoms with Crippen LogP contribution in [0.1, 0.15) is 22.7 Å². The summed E-state index contributed by atoms with van der Waals surface area (Å²) in [4.78, 5) is 15.2. The van der Waals surface area contributed by atoms with E-state index in [9.17, 15) is 9.90 Å². The number of hydrogen-bond acceptors (Lipinski definition) is 2. The molecule has 0 saturated carbocycles. The average Bonchev–Trinajstić information content (AvgIpc) is 2.87. The fraction of sp³-hybridized carbons (Fsp3) is 0.211. The summed E-state index contributed by atoms with van der Waals surface area (Å²) in [6.45, 7) is 1.89. The first-order valence-corrected chi connectivity index (χ1v) is 8.01. The molecule has 0 aliphatic carbocycles. The van der Waals surface area contributed by atoms with Crippen molar-refractivity contribution in [2.45, 2.75) is 19.3 Å². The molecular formula is C19H18ClNO3. The molecule has 3 rings (SSSR count). The van der Waals surface area contributed by atoms with E-state index < -0.39 is 11.9 Å². The third-order valence-electron chi connectivity index (χ3n) is 4.24. The zero-order valence-electron chi connectivity index (χ0n) is 13.5. The minimum absolute atomic E-state index is 0.426. The summed E-state index contributed by atoms with van der Waals surface area (Å²) in [6, 6.07) is 13.2. The van der Waals surface area contributed by atoms with Crippen molar-refractivity contribution in [3.05, 3.63) is 64.3 Å². The highest BCUT2D eigenvalue weighted by atomic mass is 35.5. The number of aliphatic carboxylic acids is 1. The number of ether oxygens (including phenoxy) is 1. The lowest BCUT2D eigenvalue weighted by Gasteiger charge is -2.14. The van der Waals surface area contributed by atoms with Gasteiger partial charge in [0.05, 0.1) is 18.1 Å². The standard InChI is InChI=1S/C19H18ClNO3/c1-11-18(13-9-17(24-2)15(20)10-16(13)21-11)14(19(22)23)8-12-6-4-3-5-7-12/h3-7,9-10,14,21H,8H2,1-2H3,(H,22,23). The number of carboxylic acid groups (broad SMARTS) is 1. The van der Waals surface area contributed by atoms with E-state index in [1.807, 2.05) is 37.3 Å². The molecule has 1 aromatic heterocycles. The molecule has 0 radical (unpaired) electrons. The molecule has 2 N–H and O–H groups in total. The van der Waals surface area contributed by atoms with Crippen LogP contribution in [0.3, 0.4) is 0 Å². The van der Waals surface area contributed by atoms with Gasteiger partial charge in [0.2, 0.25) is 0 Å². The van der Waals surface area contributed by atoms with Crippen LogP contribution in [0, 0.1) is 6.92 Å². The van der Waals surface area contributed by atoms with Crippen molar-refractivity contribution >= 4 is 28.5 Å². The van der Waals surface area contributed by atoms with Gasteiger partial charge >= 0.3 is 5.97 Å². The monoisotopic (exact) mass is 343 g/mol. The lowest BCUT2D eigenvalue weighted by molar-refractivity contribution is -0.138. The molecule has 4 nitrogen and oxygen atoms in total. The van der Waals surface area contributed by atoms with Gasteiger partial charge in [0.25, 0.3) is 0 Å². The Morgan fingerprint density at radius 1 is 1.29 bits per heavy atom. The molecule has 3 aromatic rings. The van der Waals surface area contributed by atoms with E-state index in [-0.39, 0.29) is 0 Å². The zero-order valence-corrected chi connectivity index (χ0v) is 14.2. The van der Waals surface area contributed by atoms with Gasteiger partial charge in [0.15, 0.2) is 0 Å². The minimum atomic E-state index is -0.850. The summed E-state index contributed by atoms with van der Waals surface area (Å²) < 4.78 is 5.28. The molecule has 24 heavy (non-hydrogen) atoms. The number of aromatic amines is 1. The van der Waals surface area contributed by atoms with E-state index in [1.54, 1.807) is 19.2 Å². The Balaban J connectivity index is 2.13. The lowest BCUT2D eigenvalue weighted by atomic mass is 9.90. The number of aryl methyl sites for hydroxylation is 1. The maximum atomic E-state index is 11.9. The van der Waals surface area contributed by atoms with Crippen LogP contribution in [0.4, 0.5) is 0 Å². The predicted molar refractivity (Wildman–Crippen MR) is 95.1 cm³/mol. The third-order valence-corrected chi connectivity index (χ3v) is 4.53. The molecule has 0 fully saturated rings. The highest BCUT2D eigenvalue weighted by Crippen LogP contribution is 2.37. The highest BCUT2D eigenvalue weighted by Gasteiger charge is 2.26. The second-order valence-electron chi connectivity index (χ2n) is 5.78.